The van der Waals surface area contributed by atoms with Crippen molar-refractivity contribution in [2.24, 2.45) is 17.4 Å². The highest BCUT2D eigenvalue weighted by Crippen LogP contribution is 2.16. The van der Waals surface area contributed by atoms with Crippen molar-refractivity contribution >= 4 is 0 Å². The standard InChI is InChI=1S/C12H27N3/c1-6-12(14)15(5)11(7-9(2)3)8-10(4)13/h6,9-11H,7-8,13-14H2,1-5H3/b12-6+. The summed E-state index contributed by atoms with van der Waals surface area (Å²) in [5.41, 5.74) is 11.8. The predicted molar refractivity (Wildman–Crippen MR) is 67.2 cm³/mol. The molecule has 4 N–H and O–H groups in total. The molecule has 2 unspecified atom stereocenters. The molecule has 0 aliphatic rings. The van der Waals surface area contributed by atoms with Gasteiger partial charge in [-0.1, -0.05) is 13.8 Å². The van der Waals surface area contributed by atoms with Crippen LogP contribution in [0, 0.1) is 5.92 Å². The maximum atomic E-state index is 5.92. The van der Waals surface area contributed by atoms with Crippen LogP contribution in [0.2, 0.25) is 0 Å². The lowest BCUT2D eigenvalue weighted by atomic mass is 9.97. The van der Waals surface area contributed by atoms with E-state index in [1.807, 2.05) is 27.0 Å². The van der Waals surface area contributed by atoms with Crippen molar-refractivity contribution in [1.29, 1.82) is 0 Å². The lowest BCUT2D eigenvalue weighted by Crippen LogP contribution is -2.39. The van der Waals surface area contributed by atoms with Gasteiger partial charge in [0, 0.05) is 19.1 Å². The Morgan fingerprint density at radius 3 is 2.13 bits per heavy atom. The van der Waals surface area contributed by atoms with Crippen LogP contribution < -0.4 is 11.5 Å². The molecule has 3 heteroatoms. The van der Waals surface area contributed by atoms with Crippen molar-refractivity contribution in [3.05, 3.63) is 11.9 Å². The second-order valence-electron chi connectivity index (χ2n) is 4.82. The van der Waals surface area contributed by atoms with E-state index >= 15 is 0 Å². The minimum absolute atomic E-state index is 0.223. The second-order valence-corrected chi connectivity index (χ2v) is 4.82. The molecule has 0 amide bonds. The first-order valence-electron chi connectivity index (χ1n) is 5.78. The van der Waals surface area contributed by atoms with Crippen LogP contribution in [0.1, 0.15) is 40.5 Å². The van der Waals surface area contributed by atoms with E-state index in [0.29, 0.717) is 12.0 Å². The first-order chi connectivity index (χ1) is 6.88. The highest BCUT2D eigenvalue weighted by Gasteiger charge is 2.18. The van der Waals surface area contributed by atoms with Crippen LogP contribution in [0.4, 0.5) is 0 Å². The summed E-state index contributed by atoms with van der Waals surface area (Å²) < 4.78 is 0. The number of hydrogen-bond acceptors (Lipinski definition) is 3. The molecule has 0 aromatic heterocycles. The quantitative estimate of drug-likeness (QED) is 0.708. The molecule has 0 aliphatic heterocycles. The molecule has 0 aromatic rings. The van der Waals surface area contributed by atoms with Crippen LogP contribution in [0.5, 0.6) is 0 Å². The van der Waals surface area contributed by atoms with Gasteiger partial charge in [0.25, 0.3) is 0 Å². The molecule has 3 nitrogen and oxygen atoms in total. The van der Waals surface area contributed by atoms with E-state index in [9.17, 15) is 0 Å². The van der Waals surface area contributed by atoms with Crippen molar-refractivity contribution in [2.45, 2.75) is 52.6 Å². The maximum absolute atomic E-state index is 5.92. The van der Waals surface area contributed by atoms with E-state index < -0.39 is 0 Å². The zero-order valence-electron chi connectivity index (χ0n) is 10.8. The zero-order valence-corrected chi connectivity index (χ0v) is 10.8. The molecule has 0 spiro atoms. The van der Waals surface area contributed by atoms with Crippen LogP contribution >= 0.6 is 0 Å². The Morgan fingerprint density at radius 1 is 1.27 bits per heavy atom. The molecular weight excluding hydrogens is 186 g/mol. The molecule has 0 fully saturated rings. The molecule has 0 saturated heterocycles. The summed E-state index contributed by atoms with van der Waals surface area (Å²) in [6.45, 7) is 8.47. The van der Waals surface area contributed by atoms with E-state index in [1.54, 1.807) is 0 Å². The molecule has 0 rings (SSSR count). The third kappa shape index (κ3) is 5.67. The van der Waals surface area contributed by atoms with Crippen LogP contribution in [0.3, 0.4) is 0 Å². The highest BCUT2D eigenvalue weighted by molar-refractivity contribution is 4.95. The lowest BCUT2D eigenvalue weighted by molar-refractivity contribution is 0.237. The molecule has 0 aromatic carbocycles. The summed E-state index contributed by atoms with van der Waals surface area (Å²) in [6.07, 6.45) is 4.06. The summed E-state index contributed by atoms with van der Waals surface area (Å²) >= 11 is 0. The molecule has 2 atom stereocenters. The van der Waals surface area contributed by atoms with Gasteiger partial charge in [0.15, 0.2) is 0 Å². The number of hydrogen-bond donors (Lipinski definition) is 2. The zero-order chi connectivity index (χ0) is 12.0. The SMILES string of the molecule is C/C=C(\N)N(C)C(CC(C)C)CC(C)N. The molecule has 0 aliphatic carbocycles. The third-order valence-corrected chi connectivity index (χ3v) is 2.64. The van der Waals surface area contributed by atoms with Crippen molar-refractivity contribution in [3.63, 3.8) is 0 Å². The van der Waals surface area contributed by atoms with Crippen LogP contribution in [0.25, 0.3) is 0 Å². The molecule has 0 heterocycles. The normalized spacial score (nSPS) is 16.6. The van der Waals surface area contributed by atoms with Gasteiger partial charge in [0.2, 0.25) is 0 Å². The number of nitrogens with two attached hydrogens (primary N) is 2. The molecule has 0 radical (unpaired) electrons. The first kappa shape index (κ1) is 14.3. The monoisotopic (exact) mass is 213 g/mol. The topological polar surface area (TPSA) is 55.3 Å². The number of nitrogens with zero attached hydrogens (tertiary/aromatic N) is 1. The summed E-state index contributed by atoms with van der Waals surface area (Å²) in [6, 6.07) is 0.669. The minimum atomic E-state index is 0.223. The van der Waals surface area contributed by atoms with E-state index in [0.717, 1.165) is 18.7 Å². The van der Waals surface area contributed by atoms with Crippen molar-refractivity contribution < 1.29 is 0 Å². The van der Waals surface area contributed by atoms with E-state index in [1.165, 1.54) is 0 Å². The Hall–Kier alpha value is -0.700. The average molecular weight is 213 g/mol. The Morgan fingerprint density at radius 2 is 1.80 bits per heavy atom. The molecule has 0 saturated carbocycles. The Labute approximate surface area is 94.5 Å². The van der Waals surface area contributed by atoms with Crippen LogP contribution in [-0.2, 0) is 0 Å². The fraction of sp³-hybridized carbons (Fsp3) is 0.833. The van der Waals surface area contributed by atoms with Gasteiger partial charge in [-0.25, -0.2) is 0 Å². The van der Waals surface area contributed by atoms with Crippen LogP contribution in [-0.4, -0.2) is 24.0 Å². The smallest absolute Gasteiger partial charge is 0.0942 e. The summed E-state index contributed by atoms with van der Waals surface area (Å²) in [5, 5.41) is 0. The van der Waals surface area contributed by atoms with Gasteiger partial charge in [-0.3, -0.25) is 0 Å². The summed E-state index contributed by atoms with van der Waals surface area (Å²) in [5.74, 6) is 1.50. The average Bonchev–Trinajstić information content (AvgIpc) is 2.13. The van der Waals surface area contributed by atoms with Crippen LogP contribution in [0.15, 0.2) is 11.9 Å². The van der Waals surface area contributed by atoms with Gasteiger partial charge in [-0.05, 0) is 38.7 Å². The largest absolute Gasteiger partial charge is 0.386 e. The van der Waals surface area contributed by atoms with E-state index in [4.69, 9.17) is 11.5 Å². The molecule has 0 bridgehead atoms. The van der Waals surface area contributed by atoms with E-state index in [-0.39, 0.29) is 6.04 Å². The van der Waals surface area contributed by atoms with Gasteiger partial charge in [-0.2, -0.15) is 0 Å². The summed E-state index contributed by atoms with van der Waals surface area (Å²) in [4.78, 5) is 2.14. The maximum Gasteiger partial charge on any atom is 0.0942 e. The third-order valence-electron chi connectivity index (χ3n) is 2.64. The fourth-order valence-electron chi connectivity index (χ4n) is 1.80. The molecular formula is C12H27N3. The summed E-state index contributed by atoms with van der Waals surface area (Å²) in [7, 11) is 2.05. The predicted octanol–water partition coefficient (Wildman–Crippen LogP) is 1.89. The first-order valence-corrected chi connectivity index (χ1v) is 5.78. The molecule has 15 heavy (non-hydrogen) atoms. The van der Waals surface area contributed by atoms with E-state index in [2.05, 4.69) is 18.7 Å². The Bertz CT molecular complexity index is 187. The van der Waals surface area contributed by atoms with Gasteiger partial charge >= 0.3 is 0 Å². The van der Waals surface area contributed by atoms with Gasteiger partial charge in [-0.15, -0.1) is 0 Å². The number of rotatable bonds is 6. The Balaban J connectivity index is 4.47. The van der Waals surface area contributed by atoms with Crippen molar-refractivity contribution in [2.75, 3.05) is 7.05 Å². The van der Waals surface area contributed by atoms with Crippen molar-refractivity contribution in [1.82, 2.24) is 4.90 Å². The Kier molecular flexibility index (Phi) is 6.41. The highest BCUT2D eigenvalue weighted by atomic mass is 15.2. The molecule has 90 valence electrons. The number of allylic oxidation sites excluding steroid dienone is 1. The fourth-order valence-corrected chi connectivity index (χ4v) is 1.80. The van der Waals surface area contributed by atoms with Crippen molar-refractivity contribution in [3.8, 4) is 0 Å². The van der Waals surface area contributed by atoms with Gasteiger partial charge in [0.1, 0.15) is 0 Å². The minimum Gasteiger partial charge on any atom is -0.386 e. The van der Waals surface area contributed by atoms with Gasteiger partial charge in [0.05, 0.1) is 5.82 Å². The van der Waals surface area contributed by atoms with Gasteiger partial charge < -0.3 is 16.4 Å². The second kappa shape index (κ2) is 6.72. The lowest BCUT2D eigenvalue weighted by Gasteiger charge is -2.32.